The Hall–Kier alpha value is -2.85. The van der Waals surface area contributed by atoms with Gasteiger partial charge in [0.25, 0.3) is 0 Å². The third-order valence-electron chi connectivity index (χ3n) is 6.00. The Balaban J connectivity index is 1.61. The highest BCUT2D eigenvalue weighted by Crippen LogP contribution is 2.66. The molecular weight excluding hydrogens is 450 g/mol. The first-order chi connectivity index (χ1) is 15.7. The number of Topliss-reactive ketones (excluding diaryl/α,β-unsaturated/α-hetero) is 1. The first kappa shape index (κ1) is 23.3. The number of thioether (sulfide) groups is 1. The molecule has 1 aromatic heterocycles. The molecule has 1 aromatic carbocycles. The molecule has 1 saturated carbocycles. The van der Waals surface area contributed by atoms with E-state index in [1.807, 2.05) is 0 Å². The van der Waals surface area contributed by atoms with Crippen LogP contribution in [0.25, 0.3) is 0 Å². The van der Waals surface area contributed by atoms with Crippen LogP contribution in [0.5, 0.6) is 5.88 Å². The number of ketones is 1. The Kier molecular flexibility index (Phi) is 6.24. The van der Waals surface area contributed by atoms with Gasteiger partial charge in [0, 0.05) is 25.0 Å². The summed E-state index contributed by atoms with van der Waals surface area (Å²) in [6.07, 6.45) is 4.71. The Morgan fingerprint density at radius 2 is 2.15 bits per heavy atom. The van der Waals surface area contributed by atoms with Crippen LogP contribution in [-0.2, 0) is 16.7 Å². The number of amidine groups is 1. The molecule has 7 nitrogen and oxygen atoms in total. The second kappa shape index (κ2) is 8.83. The molecule has 0 spiro atoms. The molecule has 33 heavy (non-hydrogen) atoms. The molecule has 1 fully saturated rings. The van der Waals surface area contributed by atoms with E-state index in [1.165, 1.54) is 30.2 Å². The van der Waals surface area contributed by atoms with Crippen LogP contribution in [0.4, 0.5) is 8.78 Å². The molecular formula is C23H24F2N4O3S. The number of nitrogens with zero attached hydrogens (tertiary/aromatic N) is 3. The monoisotopic (exact) mass is 474 g/mol. The molecule has 1 aliphatic carbocycles. The number of carbonyl (C=O) groups is 1. The second-order valence-corrected chi connectivity index (χ2v) is 9.77. The largest absolute Gasteiger partial charge is 0.472 e. The first-order valence-corrected chi connectivity index (χ1v) is 11.1. The highest BCUT2D eigenvalue weighted by atomic mass is 32.2. The van der Waals surface area contributed by atoms with Crippen molar-refractivity contribution in [2.24, 2.45) is 16.6 Å². The molecule has 2 aliphatic rings. The summed E-state index contributed by atoms with van der Waals surface area (Å²) in [5, 5.41) is 0.304. The summed E-state index contributed by atoms with van der Waals surface area (Å²) in [4.78, 5) is 25.3. The molecule has 2 heterocycles. The molecule has 4 rings (SSSR count). The quantitative estimate of drug-likeness (QED) is 0.439. The molecule has 174 valence electrons. The molecule has 0 bridgehead atoms. The fraction of sp³-hybridized carbons (Fsp3) is 0.391. The molecule has 0 saturated heterocycles. The number of aromatic nitrogens is 2. The molecule has 10 heteroatoms. The zero-order chi connectivity index (χ0) is 23.8. The second-order valence-electron chi connectivity index (χ2n) is 8.33. The SMILES string of the molecule is C=CCOc1cnc(C(=O)Cc2cc(F)c(F)c([C@@]3(C)N=C(N)S[C@@]4(COC)C[C@H]43)c2)cn1. The van der Waals surface area contributed by atoms with Crippen LogP contribution in [0.2, 0.25) is 0 Å². The lowest BCUT2D eigenvalue weighted by Crippen LogP contribution is -2.38. The van der Waals surface area contributed by atoms with Crippen molar-refractivity contribution in [3.63, 3.8) is 0 Å². The van der Waals surface area contributed by atoms with Gasteiger partial charge in [-0.1, -0.05) is 24.4 Å². The average molecular weight is 475 g/mol. The van der Waals surface area contributed by atoms with Gasteiger partial charge < -0.3 is 15.2 Å². The van der Waals surface area contributed by atoms with Gasteiger partial charge >= 0.3 is 0 Å². The van der Waals surface area contributed by atoms with E-state index in [9.17, 15) is 13.6 Å². The van der Waals surface area contributed by atoms with Gasteiger partial charge in [-0.2, -0.15) is 0 Å². The minimum atomic E-state index is -1.07. The summed E-state index contributed by atoms with van der Waals surface area (Å²) in [5.74, 6) is -2.23. The maximum Gasteiger partial charge on any atom is 0.232 e. The maximum atomic E-state index is 15.0. The maximum absolute atomic E-state index is 15.0. The number of nitrogens with two attached hydrogens (primary N) is 1. The van der Waals surface area contributed by atoms with Crippen LogP contribution in [0.3, 0.4) is 0 Å². The highest BCUT2D eigenvalue weighted by molar-refractivity contribution is 8.15. The number of rotatable bonds is 9. The normalized spacial score (nSPS) is 25.7. The number of ether oxygens (including phenoxy) is 2. The lowest BCUT2D eigenvalue weighted by atomic mass is 9.84. The van der Waals surface area contributed by atoms with E-state index < -0.39 is 17.2 Å². The third kappa shape index (κ3) is 4.37. The smallest absolute Gasteiger partial charge is 0.232 e. The number of benzene rings is 1. The van der Waals surface area contributed by atoms with E-state index in [0.29, 0.717) is 23.8 Å². The van der Waals surface area contributed by atoms with Crippen molar-refractivity contribution in [3.05, 3.63) is 65.6 Å². The summed E-state index contributed by atoms with van der Waals surface area (Å²) < 4.78 is 39.9. The van der Waals surface area contributed by atoms with Crippen molar-refractivity contribution in [3.8, 4) is 5.88 Å². The minimum Gasteiger partial charge on any atom is -0.472 e. The number of halogens is 2. The van der Waals surface area contributed by atoms with Crippen LogP contribution in [0.1, 0.15) is 35.0 Å². The molecule has 1 aliphatic heterocycles. The fourth-order valence-corrected chi connectivity index (χ4v) is 5.85. The van der Waals surface area contributed by atoms with Crippen LogP contribution >= 0.6 is 11.8 Å². The van der Waals surface area contributed by atoms with Crippen molar-refractivity contribution >= 4 is 22.7 Å². The first-order valence-electron chi connectivity index (χ1n) is 10.3. The topological polar surface area (TPSA) is 99.7 Å². The van der Waals surface area contributed by atoms with Crippen molar-refractivity contribution in [2.45, 2.75) is 30.1 Å². The predicted octanol–water partition coefficient (Wildman–Crippen LogP) is 3.43. The van der Waals surface area contributed by atoms with Crippen LogP contribution in [-0.4, -0.2) is 46.0 Å². The van der Waals surface area contributed by atoms with E-state index >= 15 is 0 Å². The average Bonchev–Trinajstić information content (AvgIpc) is 3.49. The molecule has 3 atom stereocenters. The van der Waals surface area contributed by atoms with E-state index in [4.69, 9.17) is 15.2 Å². The van der Waals surface area contributed by atoms with Gasteiger partial charge in [0.1, 0.15) is 12.3 Å². The summed E-state index contributed by atoms with van der Waals surface area (Å²) >= 11 is 1.41. The lowest BCUT2D eigenvalue weighted by Gasteiger charge is -2.34. The van der Waals surface area contributed by atoms with Crippen LogP contribution < -0.4 is 10.5 Å². The van der Waals surface area contributed by atoms with Gasteiger partial charge in [-0.3, -0.25) is 9.79 Å². The van der Waals surface area contributed by atoms with E-state index in [2.05, 4.69) is 21.5 Å². The molecule has 0 amide bonds. The molecule has 0 unspecified atom stereocenters. The number of methoxy groups -OCH3 is 1. The molecule has 2 N–H and O–H groups in total. The minimum absolute atomic E-state index is 0.0731. The zero-order valence-electron chi connectivity index (χ0n) is 18.3. The van der Waals surface area contributed by atoms with E-state index in [0.717, 1.165) is 6.07 Å². The van der Waals surface area contributed by atoms with Crippen LogP contribution in [0, 0.1) is 17.6 Å². The van der Waals surface area contributed by atoms with E-state index in [-0.39, 0.29) is 46.6 Å². The third-order valence-corrected chi connectivity index (χ3v) is 7.28. The van der Waals surface area contributed by atoms with Crippen molar-refractivity contribution in [1.82, 2.24) is 9.97 Å². The number of fused-ring (bicyclic) bond motifs is 1. The van der Waals surface area contributed by atoms with Crippen molar-refractivity contribution in [1.29, 1.82) is 0 Å². The number of carbonyl (C=O) groups excluding carboxylic acids is 1. The highest BCUT2D eigenvalue weighted by Gasteiger charge is 2.66. The Morgan fingerprint density at radius 3 is 2.82 bits per heavy atom. The summed E-state index contributed by atoms with van der Waals surface area (Å²) in [6, 6.07) is 2.52. The number of hydrogen-bond acceptors (Lipinski definition) is 8. The number of hydrogen-bond donors (Lipinski definition) is 1. The molecule has 0 radical (unpaired) electrons. The number of aliphatic imine (C=N–C) groups is 1. The van der Waals surface area contributed by atoms with Gasteiger partial charge in [-0.05, 0) is 31.0 Å². The standard InChI is InChI=1S/C23H24F2N4O3S/c1-4-5-32-19-11-27-16(10-28-19)17(30)8-13-6-14(20(25)15(24)7-13)22(2)18-9-23(18,12-31-3)33-21(26)29-22/h4,6-7,10-11,18H,1,5,8-9,12H2,2-3H3,(H2,26,29)/t18-,22+,23+/m0/s1. The zero-order valence-corrected chi connectivity index (χ0v) is 19.1. The Labute approximate surface area is 194 Å². The Morgan fingerprint density at radius 1 is 1.36 bits per heavy atom. The van der Waals surface area contributed by atoms with Gasteiger partial charge in [0.05, 0.1) is 29.3 Å². The fourth-order valence-electron chi connectivity index (χ4n) is 4.40. The summed E-state index contributed by atoms with van der Waals surface area (Å²) in [6.45, 7) is 5.99. The van der Waals surface area contributed by atoms with Crippen molar-refractivity contribution in [2.75, 3.05) is 20.3 Å². The van der Waals surface area contributed by atoms with Gasteiger partial charge in [-0.25, -0.2) is 18.7 Å². The summed E-state index contributed by atoms with van der Waals surface area (Å²) in [7, 11) is 1.59. The van der Waals surface area contributed by atoms with Gasteiger partial charge in [0.15, 0.2) is 22.6 Å². The lowest BCUT2D eigenvalue weighted by molar-refractivity contribution is 0.0987. The van der Waals surface area contributed by atoms with Crippen molar-refractivity contribution < 1.29 is 23.0 Å². The van der Waals surface area contributed by atoms with Gasteiger partial charge in [0.2, 0.25) is 5.88 Å². The predicted molar refractivity (Wildman–Crippen MR) is 121 cm³/mol. The molecule has 2 aromatic rings. The Bertz CT molecular complexity index is 1130. The van der Waals surface area contributed by atoms with Gasteiger partial charge in [-0.15, -0.1) is 0 Å². The van der Waals surface area contributed by atoms with E-state index in [1.54, 1.807) is 20.1 Å². The van der Waals surface area contributed by atoms with Crippen LogP contribution in [0.15, 0.2) is 42.2 Å². The summed E-state index contributed by atoms with van der Waals surface area (Å²) in [5.41, 5.74) is 5.48.